The van der Waals surface area contributed by atoms with Crippen molar-refractivity contribution < 1.29 is 17.6 Å². The summed E-state index contributed by atoms with van der Waals surface area (Å²) in [7, 11) is -3.24. The predicted molar refractivity (Wildman–Crippen MR) is 113 cm³/mol. The Hall–Kier alpha value is -3.13. The van der Waals surface area contributed by atoms with Crippen molar-refractivity contribution in [2.75, 3.05) is 17.6 Å². The van der Waals surface area contributed by atoms with Crippen LogP contribution in [0.5, 0.6) is 0 Å². The SMILES string of the molecule is Cc1cc(=O)oc2cc(NC(=O)NCCCS(=O)(=O)Cc3ccccc3)ccc12. The molecule has 29 heavy (non-hydrogen) atoms. The smallest absolute Gasteiger partial charge is 0.336 e. The van der Waals surface area contributed by atoms with Crippen molar-refractivity contribution in [2.45, 2.75) is 19.1 Å². The van der Waals surface area contributed by atoms with Gasteiger partial charge in [0.1, 0.15) is 5.58 Å². The van der Waals surface area contributed by atoms with Crippen LogP contribution >= 0.6 is 0 Å². The van der Waals surface area contributed by atoms with Gasteiger partial charge in [-0.1, -0.05) is 30.3 Å². The lowest BCUT2D eigenvalue weighted by molar-refractivity contribution is 0.252. The number of amides is 2. The third-order valence-electron chi connectivity index (χ3n) is 4.36. The van der Waals surface area contributed by atoms with E-state index in [0.29, 0.717) is 17.7 Å². The monoisotopic (exact) mass is 414 g/mol. The van der Waals surface area contributed by atoms with Crippen LogP contribution in [-0.2, 0) is 15.6 Å². The van der Waals surface area contributed by atoms with E-state index in [1.54, 1.807) is 42.5 Å². The average Bonchev–Trinajstić information content (AvgIpc) is 2.65. The van der Waals surface area contributed by atoms with Crippen molar-refractivity contribution >= 4 is 32.5 Å². The molecule has 3 rings (SSSR count). The highest BCUT2D eigenvalue weighted by Crippen LogP contribution is 2.20. The van der Waals surface area contributed by atoms with Gasteiger partial charge in [-0.25, -0.2) is 18.0 Å². The Morgan fingerprint density at radius 2 is 1.83 bits per heavy atom. The maximum absolute atomic E-state index is 12.2. The second kappa shape index (κ2) is 8.91. The first-order valence-electron chi connectivity index (χ1n) is 9.16. The summed E-state index contributed by atoms with van der Waals surface area (Å²) in [6, 6.07) is 15.0. The van der Waals surface area contributed by atoms with Crippen LogP contribution in [0, 0.1) is 6.92 Å². The Morgan fingerprint density at radius 1 is 1.07 bits per heavy atom. The molecule has 0 aliphatic heterocycles. The summed E-state index contributed by atoms with van der Waals surface area (Å²) in [6.07, 6.45) is 0.314. The van der Waals surface area contributed by atoms with Crippen molar-refractivity contribution in [1.82, 2.24) is 5.32 Å². The minimum Gasteiger partial charge on any atom is -0.423 e. The molecule has 2 N–H and O–H groups in total. The van der Waals surface area contributed by atoms with Gasteiger partial charge in [-0.2, -0.15) is 0 Å². The number of aryl methyl sites for hydroxylation is 1. The molecule has 0 aliphatic rings. The summed E-state index contributed by atoms with van der Waals surface area (Å²) >= 11 is 0. The normalized spacial score (nSPS) is 11.3. The maximum Gasteiger partial charge on any atom is 0.336 e. The number of fused-ring (bicyclic) bond motifs is 1. The lowest BCUT2D eigenvalue weighted by Gasteiger charge is -2.09. The Bertz CT molecular complexity index is 1170. The summed E-state index contributed by atoms with van der Waals surface area (Å²) in [5, 5.41) is 6.07. The third-order valence-corrected chi connectivity index (χ3v) is 6.04. The van der Waals surface area contributed by atoms with E-state index in [0.717, 1.165) is 16.5 Å². The molecule has 7 nitrogen and oxygen atoms in total. The van der Waals surface area contributed by atoms with Gasteiger partial charge in [0.15, 0.2) is 9.84 Å². The van der Waals surface area contributed by atoms with Gasteiger partial charge in [-0.05, 0) is 36.6 Å². The summed E-state index contributed by atoms with van der Waals surface area (Å²) < 4.78 is 29.5. The standard InChI is InChI=1S/C21H22N2O5S/c1-15-12-20(24)28-19-13-17(8-9-18(15)19)23-21(25)22-10-5-11-29(26,27)14-16-6-3-2-4-7-16/h2-4,6-9,12-13H,5,10-11,14H2,1H3,(H2,22,23,25). The quantitative estimate of drug-likeness (QED) is 0.456. The Balaban J connectivity index is 1.49. The van der Waals surface area contributed by atoms with E-state index < -0.39 is 21.5 Å². The van der Waals surface area contributed by atoms with Crippen LogP contribution in [0.2, 0.25) is 0 Å². The molecule has 0 unspecified atom stereocenters. The molecule has 0 radical (unpaired) electrons. The lowest BCUT2D eigenvalue weighted by atomic mass is 10.1. The van der Waals surface area contributed by atoms with Crippen molar-refractivity contribution in [1.29, 1.82) is 0 Å². The highest BCUT2D eigenvalue weighted by Gasteiger charge is 2.12. The molecule has 152 valence electrons. The number of rotatable bonds is 7. The fourth-order valence-corrected chi connectivity index (χ4v) is 4.40. The summed E-state index contributed by atoms with van der Waals surface area (Å²) in [5.74, 6) is -0.0235. The third kappa shape index (κ3) is 5.92. The van der Waals surface area contributed by atoms with E-state index in [9.17, 15) is 18.0 Å². The molecule has 0 fully saturated rings. The summed E-state index contributed by atoms with van der Waals surface area (Å²) in [6.45, 7) is 2.03. The fraction of sp³-hybridized carbons (Fsp3) is 0.238. The number of anilines is 1. The molecular formula is C21H22N2O5S. The summed E-state index contributed by atoms with van der Waals surface area (Å²) in [5.41, 5.74) is 1.95. The predicted octanol–water partition coefficient (Wildman–Crippen LogP) is 3.23. The minimum atomic E-state index is -3.24. The lowest BCUT2D eigenvalue weighted by Crippen LogP contribution is -2.30. The first-order chi connectivity index (χ1) is 13.8. The maximum atomic E-state index is 12.2. The Morgan fingerprint density at radius 3 is 2.59 bits per heavy atom. The van der Waals surface area contributed by atoms with Crippen molar-refractivity contribution in [2.24, 2.45) is 0 Å². The molecule has 2 amide bonds. The molecule has 1 aromatic heterocycles. The molecule has 0 aliphatic carbocycles. The number of carbonyl (C=O) groups is 1. The van der Waals surface area contributed by atoms with E-state index in [1.807, 2.05) is 13.0 Å². The van der Waals surface area contributed by atoms with Gasteiger partial charge in [-0.3, -0.25) is 0 Å². The number of sulfone groups is 1. The largest absolute Gasteiger partial charge is 0.423 e. The van der Waals surface area contributed by atoms with Gasteiger partial charge in [0.2, 0.25) is 0 Å². The van der Waals surface area contributed by atoms with Crippen LogP contribution in [0.1, 0.15) is 17.5 Å². The van der Waals surface area contributed by atoms with E-state index in [-0.39, 0.29) is 18.1 Å². The van der Waals surface area contributed by atoms with Crippen molar-refractivity contribution in [3.8, 4) is 0 Å². The van der Waals surface area contributed by atoms with Gasteiger partial charge in [0, 0.05) is 29.8 Å². The van der Waals surface area contributed by atoms with Crippen LogP contribution < -0.4 is 16.3 Å². The van der Waals surface area contributed by atoms with Gasteiger partial charge in [-0.15, -0.1) is 0 Å². The van der Waals surface area contributed by atoms with Gasteiger partial charge in [0.05, 0.1) is 11.5 Å². The Labute approximate surface area is 168 Å². The van der Waals surface area contributed by atoms with Gasteiger partial charge < -0.3 is 15.1 Å². The second-order valence-electron chi connectivity index (χ2n) is 6.77. The van der Waals surface area contributed by atoms with Crippen molar-refractivity contribution in [3.05, 3.63) is 76.1 Å². The molecule has 0 saturated heterocycles. The highest BCUT2D eigenvalue weighted by atomic mass is 32.2. The molecule has 2 aromatic carbocycles. The van der Waals surface area contributed by atoms with Crippen LogP contribution in [0.3, 0.4) is 0 Å². The minimum absolute atomic E-state index is 0.0113. The molecule has 1 heterocycles. The van der Waals surface area contributed by atoms with E-state index in [4.69, 9.17) is 4.42 Å². The van der Waals surface area contributed by atoms with Crippen LogP contribution in [0.4, 0.5) is 10.5 Å². The molecule has 0 bridgehead atoms. The van der Waals surface area contributed by atoms with Crippen LogP contribution in [0.15, 0.2) is 63.8 Å². The average molecular weight is 414 g/mol. The first kappa shape index (κ1) is 20.6. The van der Waals surface area contributed by atoms with Crippen molar-refractivity contribution in [3.63, 3.8) is 0 Å². The van der Waals surface area contributed by atoms with E-state index in [2.05, 4.69) is 10.6 Å². The van der Waals surface area contributed by atoms with Crippen LogP contribution in [-0.4, -0.2) is 26.7 Å². The zero-order chi connectivity index (χ0) is 20.9. The number of urea groups is 1. The molecule has 8 heteroatoms. The zero-order valence-electron chi connectivity index (χ0n) is 16.0. The molecule has 0 saturated carbocycles. The molecule has 3 aromatic rings. The number of carbonyl (C=O) groups excluding carboxylic acids is 1. The molecule has 0 spiro atoms. The number of nitrogens with one attached hydrogen (secondary N) is 2. The van der Waals surface area contributed by atoms with Gasteiger partial charge >= 0.3 is 11.7 Å². The number of hydrogen-bond donors (Lipinski definition) is 2. The zero-order valence-corrected chi connectivity index (χ0v) is 16.8. The highest BCUT2D eigenvalue weighted by molar-refractivity contribution is 7.90. The number of hydrogen-bond acceptors (Lipinski definition) is 5. The topological polar surface area (TPSA) is 105 Å². The summed E-state index contributed by atoms with van der Waals surface area (Å²) in [4.78, 5) is 23.5. The second-order valence-corrected chi connectivity index (χ2v) is 8.96. The Kier molecular flexibility index (Phi) is 6.33. The van der Waals surface area contributed by atoms with Gasteiger partial charge in [0.25, 0.3) is 0 Å². The fourth-order valence-electron chi connectivity index (χ4n) is 2.97. The molecular weight excluding hydrogens is 392 g/mol. The number of benzene rings is 2. The first-order valence-corrected chi connectivity index (χ1v) is 11.0. The van der Waals surface area contributed by atoms with E-state index in [1.165, 1.54) is 6.07 Å². The molecule has 0 atom stereocenters. The van der Waals surface area contributed by atoms with E-state index >= 15 is 0 Å². The van der Waals surface area contributed by atoms with Crippen LogP contribution in [0.25, 0.3) is 11.0 Å².